The van der Waals surface area contributed by atoms with Crippen molar-refractivity contribution in [2.24, 2.45) is 5.92 Å². The van der Waals surface area contributed by atoms with Crippen LogP contribution in [0.3, 0.4) is 0 Å². The molecule has 1 aromatic carbocycles. The predicted octanol–water partition coefficient (Wildman–Crippen LogP) is 2.11. The number of nitro groups is 1. The number of carboxylic acid groups (broad SMARTS) is 1. The summed E-state index contributed by atoms with van der Waals surface area (Å²) in [6.07, 6.45) is 2.78. The van der Waals surface area contributed by atoms with Crippen LogP contribution in [-0.4, -0.2) is 49.2 Å². The van der Waals surface area contributed by atoms with Crippen molar-refractivity contribution in [2.75, 3.05) is 6.54 Å². The zero-order valence-electron chi connectivity index (χ0n) is 14.1. The summed E-state index contributed by atoms with van der Waals surface area (Å²) in [5, 5.41) is 24.2. The number of benzene rings is 1. The Morgan fingerprint density at radius 1 is 1.23 bits per heavy atom. The number of aromatic nitrogens is 2. The van der Waals surface area contributed by atoms with Gasteiger partial charge >= 0.3 is 5.97 Å². The number of non-ortho nitro benzene ring substituents is 1. The molecular weight excluding hydrogens is 340 g/mol. The number of carbonyl (C=O) groups excluding carboxylic acids is 1. The fourth-order valence-electron chi connectivity index (χ4n) is 3.05. The minimum atomic E-state index is -0.897. The van der Waals surface area contributed by atoms with Crippen LogP contribution in [0.25, 0.3) is 5.69 Å². The van der Waals surface area contributed by atoms with Crippen molar-refractivity contribution >= 4 is 17.6 Å². The molecule has 2 unspecified atom stereocenters. The summed E-state index contributed by atoms with van der Waals surface area (Å²) >= 11 is 0. The fraction of sp³-hybridized carbons (Fsp3) is 0.353. The SMILES string of the molecule is CC1CCC(C(=O)O)CN1C(=O)c1ccn(-c2ccc([N+](=O)[O-])cc2)n1. The molecule has 0 saturated carbocycles. The Labute approximate surface area is 149 Å². The lowest BCUT2D eigenvalue weighted by Gasteiger charge is -2.36. The van der Waals surface area contributed by atoms with Gasteiger partial charge in [-0.2, -0.15) is 5.10 Å². The van der Waals surface area contributed by atoms with E-state index in [1.165, 1.54) is 16.8 Å². The van der Waals surface area contributed by atoms with Crippen molar-refractivity contribution < 1.29 is 19.6 Å². The van der Waals surface area contributed by atoms with Gasteiger partial charge in [-0.1, -0.05) is 0 Å². The lowest BCUT2D eigenvalue weighted by molar-refractivity contribution is -0.384. The first-order valence-corrected chi connectivity index (χ1v) is 8.21. The van der Waals surface area contributed by atoms with E-state index in [0.717, 1.165) is 0 Å². The number of hydrogen-bond acceptors (Lipinski definition) is 5. The fourth-order valence-corrected chi connectivity index (χ4v) is 3.05. The van der Waals surface area contributed by atoms with E-state index in [0.29, 0.717) is 18.5 Å². The molecular formula is C17H18N4O5. The molecule has 3 rings (SSSR count). The summed E-state index contributed by atoms with van der Waals surface area (Å²) in [5.74, 6) is -1.78. The summed E-state index contributed by atoms with van der Waals surface area (Å²) < 4.78 is 1.46. The Bertz CT molecular complexity index is 845. The number of amides is 1. The van der Waals surface area contributed by atoms with Crippen molar-refractivity contribution in [1.29, 1.82) is 0 Å². The molecule has 136 valence electrons. The van der Waals surface area contributed by atoms with Crippen LogP contribution in [0.5, 0.6) is 0 Å². The largest absolute Gasteiger partial charge is 0.481 e. The van der Waals surface area contributed by atoms with Crippen LogP contribution in [0.1, 0.15) is 30.3 Å². The van der Waals surface area contributed by atoms with Gasteiger partial charge in [0.25, 0.3) is 11.6 Å². The van der Waals surface area contributed by atoms with Gasteiger partial charge in [0.2, 0.25) is 0 Å². The minimum absolute atomic E-state index is 0.0286. The normalized spacial score (nSPS) is 20.0. The smallest absolute Gasteiger partial charge is 0.308 e. The molecule has 0 aliphatic carbocycles. The third-order valence-electron chi connectivity index (χ3n) is 4.63. The molecule has 1 amide bonds. The maximum absolute atomic E-state index is 12.7. The average Bonchev–Trinajstić information content (AvgIpc) is 3.11. The summed E-state index contributed by atoms with van der Waals surface area (Å²) in [6.45, 7) is 2.06. The molecule has 9 heteroatoms. The molecule has 1 saturated heterocycles. The second kappa shape index (κ2) is 6.95. The van der Waals surface area contributed by atoms with Gasteiger partial charge in [0, 0.05) is 30.9 Å². The first-order chi connectivity index (χ1) is 12.4. The highest BCUT2D eigenvalue weighted by Gasteiger charge is 2.33. The van der Waals surface area contributed by atoms with Crippen LogP contribution in [-0.2, 0) is 4.79 Å². The average molecular weight is 358 g/mol. The lowest BCUT2D eigenvalue weighted by atomic mass is 9.93. The molecule has 2 atom stereocenters. The molecule has 2 aromatic rings. The molecule has 9 nitrogen and oxygen atoms in total. The number of carbonyl (C=O) groups is 2. The molecule has 0 radical (unpaired) electrons. The van der Waals surface area contributed by atoms with Crippen molar-refractivity contribution in [3.05, 3.63) is 52.3 Å². The van der Waals surface area contributed by atoms with Crippen LogP contribution < -0.4 is 0 Å². The minimum Gasteiger partial charge on any atom is -0.481 e. The number of nitrogens with zero attached hydrogens (tertiary/aromatic N) is 4. The van der Waals surface area contributed by atoms with Crippen molar-refractivity contribution in [3.8, 4) is 5.69 Å². The highest BCUT2D eigenvalue weighted by atomic mass is 16.6. The number of nitro benzene ring substituents is 1. The van der Waals surface area contributed by atoms with Gasteiger partial charge in [-0.25, -0.2) is 4.68 Å². The number of hydrogen-bond donors (Lipinski definition) is 1. The van der Waals surface area contributed by atoms with Gasteiger partial charge in [-0.3, -0.25) is 19.7 Å². The second-order valence-electron chi connectivity index (χ2n) is 6.34. The number of piperidine rings is 1. The van der Waals surface area contributed by atoms with E-state index in [1.807, 2.05) is 6.92 Å². The van der Waals surface area contributed by atoms with Crippen LogP contribution >= 0.6 is 0 Å². The summed E-state index contributed by atoms with van der Waals surface area (Å²) in [7, 11) is 0. The molecule has 0 bridgehead atoms. The monoisotopic (exact) mass is 358 g/mol. The van der Waals surface area contributed by atoms with E-state index in [1.54, 1.807) is 29.3 Å². The molecule has 2 heterocycles. The zero-order valence-corrected chi connectivity index (χ0v) is 14.1. The first kappa shape index (κ1) is 17.6. The Morgan fingerprint density at radius 2 is 1.92 bits per heavy atom. The molecule has 1 N–H and O–H groups in total. The predicted molar refractivity (Wildman–Crippen MR) is 91.1 cm³/mol. The van der Waals surface area contributed by atoms with E-state index < -0.39 is 16.8 Å². The molecule has 0 spiro atoms. The third kappa shape index (κ3) is 3.41. The first-order valence-electron chi connectivity index (χ1n) is 8.21. The van der Waals surface area contributed by atoms with E-state index >= 15 is 0 Å². The van der Waals surface area contributed by atoms with Crippen molar-refractivity contribution in [3.63, 3.8) is 0 Å². The zero-order chi connectivity index (χ0) is 18.8. The number of aliphatic carboxylic acids is 1. The van der Waals surface area contributed by atoms with Crippen molar-refractivity contribution in [2.45, 2.75) is 25.8 Å². The Hall–Kier alpha value is -3.23. The van der Waals surface area contributed by atoms with E-state index in [2.05, 4.69) is 5.10 Å². The van der Waals surface area contributed by atoms with Crippen LogP contribution in [0.2, 0.25) is 0 Å². The van der Waals surface area contributed by atoms with Crippen LogP contribution in [0.4, 0.5) is 5.69 Å². The van der Waals surface area contributed by atoms with Gasteiger partial charge in [0.1, 0.15) is 0 Å². The van der Waals surface area contributed by atoms with Gasteiger partial charge in [0.15, 0.2) is 5.69 Å². The van der Waals surface area contributed by atoms with E-state index in [4.69, 9.17) is 0 Å². The molecule has 1 aliphatic heterocycles. The Kier molecular flexibility index (Phi) is 4.70. The van der Waals surface area contributed by atoms with Gasteiger partial charge in [0.05, 0.1) is 16.5 Å². The highest BCUT2D eigenvalue weighted by Crippen LogP contribution is 2.24. The molecule has 1 fully saturated rings. The summed E-state index contributed by atoms with van der Waals surface area (Å²) in [5.41, 5.74) is 0.769. The molecule has 1 aliphatic rings. The number of carboxylic acids is 1. The number of likely N-dealkylation sites (tertiary alicyclic amines) is 1. The van der Waals surface area contributed by atoms with Gasteiger partial charge in [-0.15, -0.1) is 0 Å². The van der Waals surface area contributed by atoms with Crippen molar-refractivity contribution in [1.82, 2.24) is 14.7 Å². The highest BCUT2D eigenvalue weighted by molar-refractivity contribution is 5.93. The number of rotatable bonds is 4. The van der Waals surface area contributed by atoms with Crippen LogP contribution in [0.15, 0.2) is 36.5 Å². The third-order valence-corrected chi connectivity index (χ3v) is 4.63. The summed E-state index contributed by atoms with van der Waals surface area (Å²) in [6, 6.07) is 7.32. The van der Waals surface area contributed by atoms with Gasteiger partial charge < -0.3 is 10.0 Å². The van der Waals surface area contributed by atoms with E-state index in [-0.39, 0.29) is 29.9 Å². The molecule has 26 heavy (non-hydrogen) atoms. The Balaban J connectivity index is 1.79. The molecule has 1 aromatic heterocycles. The quantitative estimate of drug-likeness (QED) is 0.660. The standard InChI is InChI=1S/C17H18N4O5/c1-11-2-3-12(17(23)24)10-19(11)16(22)15-8-9-20(18-15)13-4-6-14(7-5-13)21(25)26/h4-9,11-12H,2-3,10H2,1H3,(H,23,24). The van der Waals surface area contributed by atoms with Gasteiger partial charge in [-0.05, 0) is 38.0 Å². The topological polar surface area (TPSA) is 119 Å². The maximum Gasteiger partial charge on any atom is 0.308 e. The maximum atomic E-state index is 12.7. The lowest BCUT2D eigenvalue weighted by Crippen LogP contribution is -2.47. The second-order valence-corrected chi connectivity index (χ2v) is 6.34. The Morgan fingerprint density at radius 3 is 2.54 bits per heavy atom. The van der Waals surface area contributed by atoms with E-state index in [9.17, 15) is 24.8 Å². The van der Waals surface area contributed by atoms with Crippen LogP contribution in [0, 0.1) is 16.0 Å². The summed E-state index contributed by atoms with van der Waals surface area (Å²) in [4.78, 5) is 35.7.